The van der Waals surface area contributed by atoms with Gasteiger partial charge in [-0.05, 0) is 46.5 Å². The van der Waals surface area contributed by atoms with Crippen LogP contribution in [0, 0.1) is 0 Å². The molecule has 1 aromatic heterocycles. The molecule has 0 saturated heterocycles. The number of hydrogen-bond acceptors (Lipinski definition) is 4. The van der Waals surface area contributed by atoms with E-state index >= 15 is 0 Å². The number of carbonyl (C=O) groups is 2. The van der Waals surface area contributed by atoms with Gasteiger partial charge in [0.25, 0.3) is 0 Å². The summed E-state index contributed by atoms with van der Waals surface area (Å²) in [5.41, 5.74) is 0.489. The fourth-order valence-electron chi connectivity index (χ4n) is 3.04. The number of ether oxygens (including phenoxy) is 1. The number of carboxylic acid groups (broad SMARTS) is 1. The first-order chi connectivity index (χ1) is 11.7. The van der Waals surface area contributed by atoms with Crippen LogP contribution in [-0.4, -0.2) is 39.7 Å². The van der Waals surface area contributed by atoms with Crippen LogP contribution in [-0.2, 0) is 10.3 Å². The van der Waals surface area contributed by atoms with Crippen molar-refractivity contribution >= 4 is 18.0 Å². The Bertz CT molecular complexity index is 621. The lowest BCUT2D eigenvalue weighted by molar-refractivity contribution is 0.100. The highest BCUT2D eigenvalue weighted by Gasteiger charge is 2.32. The Morgan fingerprint density at radius 3 is 2.72 bits per heavy atom. The number of anilines is 1. The number of carbonyl (C=O) groups excluding carboxylic acids is 1. The van der Waals surface area contributed by atoms with Crippen LogP contribution in [0.25, 0.3) is 0 Å². The molecule has 2 rings (SSSR count). The van der Waals surface area contributed by atoms with Gasteiger partial charge in [0, 0.05) is 18.5 Å². The normalized spacial score (nSPS) is 20.3. The van der Waals surface area contributed by atoms with Crippen molar-refractivity contribution in [1.82, 2.24) is 15.1 Å². The minimum atomic E-state index is -1.11. The van der Waals surface area contributed by atoms with E-state index in [1.807, 2.05) is 27.7 Å². The number of amides is 2. The monoisotopic (exact) mass is 352 g/mol. The molecule has 1 saturated carbocycles. The van der Waals surface area contributed by atoms with Gasteiger partial charge >= 0.3 is 12.2 Å². The quantitative estimate of drug-likeness (QED) is 0.752. The van der Waals surface area contributed by atoms with E-state index in [1.165, 1.54) is 0 Å². The van der Waals surface area contributed by atoms with Gasteiger partial charge in [-0.1, -0.05) is 6.92 Å². The minimum absolute atomic E-state index is 0.127. The molecule has 1 heterocycles. The number of hydrogen-bond donors (Lipinski definition) is 3. The molecule has 140 valence electrons. The topological polar surface area (TPSA) is 105 Å². The zero-order valence-corrected chi connectivity index (χ0v) is 15.3. The lowest BCUT2D eigenvalue weighted by Crippen LogP contribution is -2.28. The molecule has 2 amide bonds. The fraction of sp³-hybridized carbons (Fsp3) is 0.706. The smallest absolute Gasteiger partial charge is 0.410 e. The molecule has 0 unspecified atom stereocenters. The number of aromatic nitrogens is 2. The summed E-state index contributed by atoms with van der Waals surface area (Å²) in [6.07, 6.45) is 1.60. The van der Waals surface area contributed by atoms with Crippen LogP contribution < -0.4 is 10.6 Å². The van der Waals surface area contributed by atoms with Gasteiger partial charge in [0.2, 0.25) is 0 Å². The third-order valence-electron chi connectivity index (χ3n) is 4.19. The van der Waals surface area contributed by atoms with E-state index in [0.29, 0.717) is 18.8 Å². The van der Waals surface area contributed by atoms with E-state index in [0.717, 1.165) is 25.0 Å². The molecule has 8 nitrogen and oxygen atoms in total. The zero-order chi connectivity index (χ0) is 18.6. The Hall–Kier alpha value is -2.25. The van der Waals surface area contributed by atoms with Crippen LogP contribution in [0.3, 0.4) is 0 Å². The number of nitrogens with one attached hydrogen (secondary N) is 2. The van der Waals surface area contributed by atoms with Crippen molar-refractivity contribution in [3.05, 3.63) is 11.8 Å². The van der Waals surface area contributed by atoms with Gasteiger partial charge in [-0.2, -0.15) is 5.10 Å². The van der Waals surface area contributed by atoms with Crippen LogP contribution >= 0.6 is 0 Å². The fourth-order valence-corrected chi connectivity index (χ4v) is 3.04. The summed E-state index contributed by atoms with van der Waals surface area (Å²) < 4.78 is 7.13. The first-order valence-electron chi connectivity index (χ1n) is 8.75. The Morgan fingerprint density at radius 2 is 2.12 bits per heavy atom. The predicted octanol–water partition coefficient (Wildman–Crippen LogP) is 3.50. The molecule has 8 heteroatoms. The molecular weight excluding hydrogens is 324 g/mol. The Labute approximate surface area is 147 Å². The van der Waals surface area contributed by atoms with Gasteiger partial charge in [-0.3, -0.25) is 5.32 Å². The SMILES string of the molecule is CCCNC(=O)O[C@@H]1CC[C@H](c2cc(NC(=O)O)n(C(C)(C)C)n2)C1. The second-order valence-electron chi connectivity index (χ2n) is 7.43. The van der Waals surface area contributed by atoms with Crippen LogP contribution in [0.4, 0.5) is 15.4 Å². The average molecular weight is 352 g/mol. The van der Waals surface area contributed by atoms with E-state index in [9.17, 15) is 9.59 Å². The van der Waals surface area contributed by atoms with Crippen molar-refractivity contribution in [1.29, 1.82) is 0 Å². The number of nitrogens with zero attached hydrogens (tertiary/aromatic N) is 2. The molecule has 25 heavy (non-hydrogen) atoms. The van der Waals surface area contributed by atoms with Crippen molar-refractivity contribution in [3.8, 4) is 0 Å². The molecule has 3 N–H and O–H groups in total. The Balaban J connectivity index is 2.06. The highest BCUT2D eigenvalue weighted by atomic mass is 16.6. The third kappa shape index (κ3) is 5.11. The molecule has 2 atom stereocenters. The van der Waals surface area contributed by atoms with Gasteiger partial charge in [-0.15, -0.1) is 0 Å². The predicted molar refractivity (Wildman–Crippen MR) is 94.0 cm³/mol. The molecule has 0 bridgehead atoms. The summed E-state index contributed by atoms with van der Waals surface area (Å²) in [5, 5.41) is 18.8. The second kappa shape index (κ2) is 7.76. The number of rotatable bonds is 5. The number of alkyl carbamates (subject to hydrolysis) is 1. The highest BCUT2D eigenvalue weighted by Crippen LogP contribution is 2.37. The first kappa shape index (κ1) is 19.1. The second-order valence-corrected chi connectivity index (χ2v) is 7.43. The highest BCUT2D eigenvalue weighted by molar-refractivity contribution is 5.81. The molecule has 1 aliphatic carbocycles. The largest absolute Gasteiger partial charge is 0.465 e. The van der Waals surface area contributed by atoms with E-state index in [4.69, 9.17) is 9.84 Å². The molecule has 0 spiro atoms. The van der Waals surface area contributed by atoms with Crippen LogP contribution in [0.5, 0.6) is 0 Å². The summed E-state index contributed by atoms with van der Waals surface area (Å²) in [6.45, 7) is 8.50. The molecule has 0 aliphatic heterocycles. The first-order valence-corrected chi connectivity index (χ1v) is 8.75. The standard InChI is InChI=1S/C17H28N4O4/c1-5-8-18-16(24)25-12-7-6-11(9-12)13-10-14(19-15(22)23)21(20-13)17(2,3)4/h10-12,19H,5-9H2,1-4H3,(H,18,24)(H,22,23)/t11-,12+/m0/s1. The third-order valence-corrected chi connectivity index (χ3v) is 4.19. The maximum absolute atomic E-state index is 11.7. The summed E-state index contributed by atoms with van der Waals surface area (Å²) in [7, 11) is 0. The van der Waals surface area contributed by atoms with Crippen molar-refractivity contribution in [2.45, 2.75) is 70.9 Å². The molecule has 0 aromatic carbocycles. The lowest BCUT2D eigenvalue weighted by Gasteiger charge is -2.22. The van der Waals surface area contributed by atoms with E-state index in [1.54, 1.807) is 10.7 Å². The summed E-state index contributed by atoms with van der Waals surface area (Å²) in [6, 6.07) is 1.78. The van der Waals surface area contributed by atoms with Crippen molar-refractivity contribution in [2.75, 3.05) is 11.9 Å². The zero-order valence-electron chi connectivity index (χ0n) is 15.3. The molecule has 1 fully saturated rings. The van der Waals surface area contributed by atoms with E-state index < -0.39 is 6.09 Å². The average Bonchev–Trinajstić information content (AvgIpc) is 3.10. The van der Waals surface area contributed by atoms with Crippen molar-refractivity contribution in [3.63, 3.8) is 0 Å². The van der Waals surface area contributed by atoms with Crippen molar-refractivity contribution < 1.29 is 19.4 Å². The van der Waals surface area contributed by atoms with Gasteiger partial charge in [0.05, 0.1) is 11.2 Å². The maximum Gasteiger partial charge on any atom is 0.410 e. The minimum Gasteiger partial charge on any atom is -0.465 e. The maximum atomic E-state index is 11.7. The summed E-state index contributed by atoms with van der Waals surface area (Å²) in [4.78, 5) is 22.7. The lowest BCUT2D eigenvalue weighted by atomic mass is 10.0. The summed E-state index contributed by atoms with van der Waals surface area (Å²) >= 11 is 0. The molecular formula is C17H28N4O4. The van der Waals surface area contributed by atoms with Gasteiger partial charge in [-0.25, -0.2) is 14.3 Å². The molecule has 0 radical (unpaired) electrons. The molecule has 1 aromatic rings. The van der Waals surface area contributed by atoms with E-state index in [-0.39, 0.29) is 23.7 Å². The van der Waals surface area contributed by atoms with Gasteiger partial charge in [0.1, 0.15) is 11.9 Å². The Morgan fingerprint density at radius 1 is 1.40 bits per heavy atom. The van der Waals surface area contributed by atoms with Gasteiger partial charge < -0.3 is 15.2 Å². The van der Waals surface area contributed by atoms with Crippen LogP contribution in [0.1, 0.15) is 65.0 Å². The van der Waals surface area contributed by atoms with Crippen molar-refractivity contribution in [2.24, 2.45) is 0 Å². The van der Waals surface area contributed by atoms with Crippen LogP contribution in [0.15, 0.2) is 6.07 Å². The summed E-state index contributed by atoms with van der Waals surface area (Å²) in [5.74, 6) is 0.613. The van der Waals surface area contributed by atoms with E-state index in [2.05, 4.69) is 15.7 Å². The van der Waals surface area contributed by atoms with Crippen LogP contribution in [0.2, 0.25) is 0 Å². The molecule has 1 aliphatic rings. The van der Waals surface area contributed by atoms with Gasteiger partial charge in [0.15, 0.2) is 0 Å². The Kier molecular flexibility index (Phi) is 5.92.